The van der Waals surface area contributed by atoms with E-state index in [1.54, 1.807) is 0 Å². The molecule has 2 heteroatoms. The van der Waals surface area contributed by atoms with Crippen LogP contribution in [0.3, 0.4) is 0 Å². The van der Waals surface area contributed by atoms with Crippen LogP contribution >= 0.6 is 0 Å². The van der Waals surface area contributed by atoms with Gasteiger partial charge in [0.05, 0.1) is 0 Å². The number of nitrogens with one attached hydrogen (secondary N) is 1. The summed E-state index contributed by atoms with van der Waals surface area (Å²) in [5, 5.41) is 3.68. The fraction of sp³-hybridized carbons (Fsp3) is 0.765. The van der Waals surface area contributed by atoms with Crippen molar-refractivity contribution in [2.75, 3.05) is 6.54 Å². The standard InChI is InChI=1S/C17H30N2/c1-5-19-14(3)10-17(15(19)4)12-18-11-16-8-6-7-13(2)9-16/h10,13,16,18H,5-9,11-12H2,1-4H3. The molecule has 2 nitrogen and oxygen atoms in total. The molecule has 108 valence electrons. The highest BCUT2D eigenvalue weighted by Gasteiger charge is 2.18. The molecule has 1 aliphatic rings. The Morgan fingerprint density at radius 2 is 2.11 bits per heavy atom. The lowest BCUT2D eigenvalue weighted by molar-refractivity contribution is 0.274. The van der Waals surface area contributed by atoms with Gasteiger partial charge in [0.15, 0.2) is 0 Å². The van der Waals surface area contributed by atoms with Gasteiger partial charge in [-0.1, -0.05) is 19.8 Å². The SMILES string of the molecule is CCn1c(C)cc(CNCC2CCCC(C)C2)c1C. The third-order valence-electron chi connectivity index (χ3n) is 4.79. The Kier molecular flexibility index (Phi) is 5.09. The van der Waals surface area contributed by atoms with E-state index in [1.165, 1.54) is 49.2 Å². The number of aromatic nitrogens is 1. The predicted molar refractivity (Wildman–Crippen MR) is 82.4 cm³/mol. The summed E-state index contributed by atoms with van der Waals surface area (Å²) >= 11 is 0. The number of rotatable bonds is 5. The van der Waals surface area contributed by atoms with Gasteiger partial charge in [-0.2, -0.15) is 0 Å². The van der Waals surface area contributed by atoms with Gasteiger partial charge in [0.2, 0.25) is 0 Å². The minimum Gasteiger partial charge on any atom is -0.349 e. The molecule has 0 spiro atoms. The summed E-state index contributed by atoms with van der Waals surface area (Å²) in [6, 6.07) is 2.34. The van der Waals surface area contributed by atoms with Crippen LogP contribution in [0.1, 0.15) is 56.5 Å². The lowest BCUT2D eigenvalue weighted by atomic mass is 9.82. The molecule has 0 bridgehead atoms. The van der Waals surface area contributed by atoms with Crippen LogP contribution in [0.25, 0.3) is 0 Å². The second-order valence-corrected chi connectivity index (χ2v) is 6.41. The van der Waals surface area contributed by atoms with Crippen molar-refractivity contribution in [1.82, 2.24) is 9.88 Å². The number of hydrogen-bond acceptors (Lipinski definition) is 1. The van der Waals surface area contributed by atoms with Crippen molar-refractivity contribution in [2.45, 2.75) is 66.5 Å². The van der Waals surface area contributed by atoms with Crippen molar-refractivity contribution < 1.29 is 0 Å². The average Bonchev–Trinajstić information content (AvgIpc) is 2.64. The minimum absolute atomic E-state index is 0.901. The molecule has 1 heterocycles. The number of hydrogen-bond donors (Lipinski definition) is 1. The fourth-order valence-corrected chi connectivity index (χ4v) is 3.69. The van der Waals surface area contributed by atoms with Gasteiger partial charge in [-0.25, -0.2) is 0 Å². The minimum atomic E-state index is 0.901. The summed E-state index contributed by atoms with van der Waals surface area (Å²) in [5.41, 5.74) is 4.30. The van der Waals surface area contributed by atoms with Crippen LogP contribution < -0.4 is 5.32 Å². The maximum Gasteiger partial charge on any atom is 0.0223 e. The molecule has 19 heavy (non-hydrogen) atoms. The summed E-state index contributed by atoms with van der Waals surface area (Å²) in [6.07, 6.45) is 5.71. The van der Waals surface area contributed by atoms with E-state index >= 15 is 0 Å². The van der Waals surface area contributed by atoms with E-state index in [0.29, 0.717) is 0 Å². The Morgan fingerprint density at radius 1 is 1.32 bits per heavy atom. The molecule has 0 saturated heterocycles. The van der Waals surface area contributed by atoms with Crippen LogP contribution in [0.5, 0.6) is 0 Å². The quantitative estimate of drug-likeness (QED) is 0.847. The monoisotopic (exact) mass is 262 g/mol. The van der Waals surface area contributed by atoms with Crippen LogP contribution in [-0.2, 0) is 13.1 Å². The van der Waals surface area contributed by atoms with Gasteiger partial charge in [-0.05, 0) is 63.6 Å². The highest BCUT2D eigenvalue weighted by atomic mass is 15.0. The normalized spacial score (nSPS) is 23.8. The molecule has 2 rings (SSSR count). The maximum absolute atomic E-state index is 3.68. The van der Waals surface area contributed by atoms with Gasteiger partial charge < -0.3 is 9.88 Å². The Morgan fingerprint density at radius 3 is 2.74 bits per heavy atom. The van der Waals surface area contributed by atoms with Gasteiger partial charge in [-0.15, -0.1) is 0 Å². The van der Waals surface area contributed by atoms with Crippen LogP contribution in [0.4, 0.5) is 0 Å². The summed E-state index contributed by atoms with van der Waals surface area (Å²) < 4.78 is 2.40. The zero-order valence-electron chi connectivity index (χ0n) is 13.1. The lowest BCUT2D eigenvalue weighted by Crippen LogP contribution is -2.26. The first-order valence-electron chi connectivity index (χ1n) is 7.98. The molecule has 1 N–H and O–H groups in total. The number of nitrogens with zero attached hydrogens (tertiary/aromatic N) is 1. The van der Waals surface area contributed by atoms with E-state index in [1.807, 2.05) is 0 Å². The van der Waals surface area contributed by atoms with Gasteiger partial charge in [0.1, 0.15) is 0 Å². The molecule has 0 radical (unpaired) electrons. The number of aryl methyl sites for hydroxylation is 1. The van der Waals surface area contributed by atoms with Crippen molar-refractivity contribution >= 4 is 0 Å². The van der Waals surface area contributed by atoms with E-state index in [-0.39, 0.29) is 0 Å². The average molecular weight is 262 g/mol. The van der Waals surface area contributed by atoms with Crippen LogP contribution in [0, 0.1) is 25.7 Å². The molecule has 1 fully saturated rings. The smallest absolute Gasteiger partial charge is 0.0223 e. The molecular weight excluding hydrogens is 232 g/mol. The second kappa shape index (κ2) is 6.60. The summed E-state index contributed by atoms with van der Waals surface area (Å²) in [6.45, 7) is 12.4. The van der Waals surface area contributed by atoms with Crippen LogP contribution in [0.2, 0.25) is 0 Å². The first-order valence-corrected chi connectivity index (χ1v) is 7.98. The molecule has 0 amide bonds. The Hall–Kier alpha value is -0.760. The molecule has 1 aliphatic carbocycles. The summed E-state index contributed by atoms with van der Waals surface area (Å²) in [5.74, 6) is 1.84. The third kappa shape index (κ3) is 3.62. The second-order valence-electron chi connectivity index (χ2n) is 6.41. The van der Waals surface area contributed by atoms with Gasteiger partial charge in [-0.3, -0.25) is 0 Å². The molecular formula is C17H30N2. The van der Waals surface area contributed by atoms with Crippen LogP contribution in [0.15, 0.2) is 6.07 Å². The van der Waals surface area contributed by atoms with Crippen molar-refractivity contribution in [1.29, 1.82) is 0 Å². The predicted octanol–water partition coefficient (Wildman–Crippen LogP) is 4.04. The first kappa shape index (κ1) is 14.6. The Balaban J connectivity index is 1.82. The van der Waals surface area contributed by atoms with E-state index in [9.17, 15) is 0 Å². The van der Waals surface area contributed by atoms with Crippen molar-refractivity contribution in [3.63, 3.8) is 0 Å². The largest absolute Gasteiger partial charge is 0.349 e. The van der Waals surface area contributed by atoms with Crippen LogP contribution in [-0.4, -0.2) is 11.1 Å². The highest BCUT2D eigenvalue weighted by molar-refractivity contribution is 5.26. The third-order valence-corrected chi connectivity index (χ3v) is 4.79. The van der Waals surface area contributed by atoms with Gasteiger partial charge in [0.25, 0.3) is 0 Å². The molecule has 0 aromatic carbocycles. The maximum atomic E-state index is 3.68. The zero-order valence-corrected chi connectivity index (χ0v) is 13.1. The summed E-state index contributed by atoms with van der Waals surface area (Å²) in [7, 11) is 0. The van der Waals surface area contributed by atoms with E-state index in [0.717, 1.165) is 24.9 Å². The summed E-state index contributed by atoms with van der Waals surface area (Å²) in [4.78, 5) is 0. The lowest BCUT2D eigenvalue weighted by Gasteiger charge is -2.26. The molecule has 0 aliphatic heterocycles. The van der Waals surface area contributed by atoms with E-state index < -0.39 is 0 Å². The first-order chi connectivity index (χ1) is 9.11. The Bertz CT molecular complexity index is 406. The van der Waals surface area contributed by atoms with E-state index in [4.69, 9.17) is 0 Å². The van der Waals surface area contributed by atoms with Crippen molar-refractivity contribution in [2.24, 2.45) is 11.8 Å². The molecule has 2 unspecified atom stereocenters. The van der Waals surface area contributed by atoms with Crippen molar-refractivity contribution in [3.8, 4) is 0 Å². The van der Waals surface area contributed by atoms with Crippen molar-refractivity contribution in [3.05, 3.63) is 23.0 Å². The molecule has 1 aromatic heterocycles. The Labute approximate surface area is 118 Å². The van der Waals surface area contributed by atoms with Gasteiger partial charge in [0, 0.05) is 24.5 Å². The van der Waals surface area contributed by atoms with Gasteiger partial charge >= 0.3 is 0 Å². The topological polar surface area (TPSA) is 17.0 Å². The highest BCUT2D eigenvalue weighted by Crippen LogP contribution is 2.28. The molecule has 2 atom stereocenters. The van der Waals surface area contributed by atoms with E-state index in [2.05, 4.69) is 43.6 Å². The molecule has 1 aromatic rings. The zero-order chi connectivity index (χ0) is 13.8. The fourth-order valence-electron chi connectivity index (χ4n) is 3.69. The molecule has 1 saturated carbocycles.